The molecule has 1 heterocycles. The van der Waals surface area contributed by atoms with Crippen molar-refractivity contribution in [2.24, 2.45) is 0 Å². The normalized spacial score (nSPS) is 10.9. The summed E-state index contributed by atoms with van der Waals surface area (Å²) >= 11 is 0. The van der Waals surface area contributed by atoms with Crippen molar-refractivity contribution in [3.63, 3.8) is 0 Å². The molecule has 146 valence electrons. The van der Waals surface area contributed by atoms with Gasteiger partial charge in [0.15, 0.2) is 9.84 Å². The second kappa shape index (κ2) is 8.25. The zero-order valence-corrected chi connectivity index (χ0v) is 16.4. The lowest BCUT2D eigenvalue weighted by molar-refractivity contribution is 0.364. The van der Waals surface area contributed by atoms with Gasteiger partial charge < -0.3 is 4.74 Å². The number of nitriles is 1. The van der Waals surface area contributed by atoms with Crippen molar-refractivity contribution < 1.29 is 17.5 Å². The number of hydrogen-bond acceptors (Lipinski definition) is 5. The quantitative estimate of drug-likeness (QED) is 0.565. The number of rotatable bonds is 6. The number of ether oxygens (including phenoxy) is 1. The lowest BCUT2D eigenvalue weighted by Crippen LogP contribution is -2.03. The molecule has 0 atom stereocenters. The van der Waals surface area contributed by atoms with E-state index in [2.05, 4.69) is 11.6 Å². The molecule has 29 heavy (non-hydrogen) atoms. The van der Waals surface area contributed by atoms with Gasteiger partial charge in [0.25, 0.3) is 0 Å². The van der Waals surface area contributed by atoms with Crippen LogP contribution in [0.15, 0.2) is 72.4 Å². The predicted molar refractivity (Wildman–Crippen MR) is 109 cm³/mol. The van der Waals surface area contributed by atoms with Gasteiger partial charge in [-0.05, 0) is 41.5 Å². The number of pyridine rings is 1. The number of benzene rings is 2. The fourth-order valence-electron chi connectivity index (χ4n) is 2.86. The molecule has 5 nitrogen and oxygen atoms in total. The van der Waals surface area contributed by atoms with Crippen molar-refractivity contribution in [2.75, 3.05) is 12.9 Å². The summed E-state index contributed by atoms with van der Waals surface area (Å²) in [7, 11) is -3.55. The topological polar surface area (TPSA) is 80.1 Å². The summed E-state index contributed by atoms with van der Waals surface area (Å²) in [6.07, 6.45) is 5.63. The highest BCUT2D eigenvalue weighted by Gasteiger charge is 2.20. The second-order valence-electron chi connectivity index (χ2n) is 6.30. The minimum atomic E-state index is -3.55. The van der Waals surface area contributed by atoms with Crippen LogP contribution >= 0.6 is 0 Å². The zero-order valence-electron chi connectivity index (χ0n) is 15.6. The first-order valence-corrected chi connectivity index (χ1v) is 10.5. The molecule has 3 aromatic rings. The molecule has 0 amide bonds. The summed E-state index contributed by atoms with van der Waals surface area (Å²) < 4.78 is 43.7. The van der Waals surface area contributed by atoms with Crippen molar-refractivity contribution in [3.05, 3.63) is 78.9 Å². The van der Waals surface area contributed by atoms with E-state index in [0.29, 0.717) is 33.6 Å². The molecule has 0 unspecified atom stereocenters. The van der Waals surface area contributed by atoms with E-state index in [1.807, 2.05) is 6.07 Å². The molecule has 0 aliphatic carbocycles. The summed E-state index contributed by atoms with van der Waals surface area (Å²) in [4.78, 5) is 4.16. The summed E-state index contributed by atoms with van der Waals surface area (Å²) in [6.45, 7) is 3.77. The van der Waals surface area contributed by atoms with Crippen molar-refractivity contribution in [1.29, 1.82) is 5.26 Å². The highest BCUT2D eigenvalue weighted by atomic mass is 32.2. The van der Waals surface area contributed by atoms with Gasteiger partial charge in [0.1, 0.15) is 24.2 Å². The Hall–Kier alpha value is -3.50. The van der Waals surface area contributed by atoms with Crippen LogP contribution in [0.3, 0.4) is 0 Å². The Kier molecular flexibility index (Phi) is 5.76. The molecule has 2 aromatic carbocycles. The van der Waals surface area contributed by atoms with E-state index in [1.165, 1.54) is 30.5 Å². The lowest BCUT2D eigenvalue weighted by Gasteiger charge is -2.17. The Bertz CT molecular complexity index is 1210. The van der Waals surface area contributed by atoms with Crippen LogP contribution in [-0.2, 0) is 9.84 Å². The molecule has 0 aliphatic rings. The average molecular weight is 408 g/mol. The fraction of sp³-hybridized carbons (Fsp3) is 0.0909. The average Bonchev–Trinajstić information content (AvgIpc) is 2.71. The Morgan fingerprint density at radius 3 is 2.52 bits per heavy atom. The van der Waals surface area contributed by atoms with Crippen LogP contribution in [0.4, 0.5) is 4.39 Å². The van der Waals surface area contributed by atoms with E-state index in [-0.39, 0.29) is 11.5 Å². The summed E-state index contributed by atoms with van der Waals surface area (Å²) in [5.41, 5.74) is 2.58. The van der Waals surface area contributed by atoms with Crippen LogP contribution in [0.25, 0.3) is 22.3 Å². The van der Waals surface area contributed by atoms with Gasteiger partial charge in [-0.15, -0.1) is 0 Å². The molecule has 0 saturated heterocycles. The molecule has 3 rings (SSSR count). The molecule has 0 saturated carbocycles. The van der Waals surface area contributed by atoms with Crippen molar-refractivity contribution in [3.8, 4) is 34.1 Å². The Balaban J connectivity index is 2.39. The van der Waals surface area contributed by atoms with Crippen molar-refractivity contribution >= 4 is 9.84 Å². The molecule has 1 aromatic heterocycles. The van der Waals surface area contributed by atoms with E-state index >= 15 is 0 Å². The fourth-order valence-corrected chi connectivity index (χ4v) is 3.51. The SMILES string of the molecule is C=CCOc1cc(S(C)(=O)=O)cc(-c2ccc(F)cc2)c1-c1cncc(C#N)c1. The molecule has 0 N–H and O–H groups in total. The summed E-state index contributed by atoms with van der Waals surface area (Å²) in [6, 6.07) is 12.3. The molecular formula is C22H17FN2O3S. The number of nitrogens with zero attached hydrogens (tertiary/aromatic N) is 2. The third-order valence-electron chi connectivity index (χ3n) is 4.17. The zero-order chi connectivity index (χ0) is 21.0. The maximum atomic E-state index is 13.5. The maximum absolute atomic E-state index is 13.5. The number of halogens is 1. The van der Waals surface area contributed by atoms with Crippen molar-refractivity contribution in [2.45, 2.75) is 4.90 Å². The monoisotopic (exact) mass is 408 g/mol. The molecule has 0 spiro atoms. The van der Waals surface area contributed by atoms with E-state index in [4.69, 9.17) is 4.74 Å². The first-order chi connectivity index (χ1) is 13.8. The van der Waals surface area contributed by atoms with Crippen LogP contribution in [0.5, 0.6) is 5.75 Å². The molecule has 7 heteroatoms. The molecular weight excluding hydrogens is 391 g/mol. The standard InChI is InChI=1S/C22H17FN2O3S/c1-3-8-28-21-11-19(29(2,26)27)10-20(16-4-6-18(23)7-5-16)22(21)17-9-15(12-24)13-25-14-17/h3-7,9-11,13-14H,1,8H2,2H3. The molecule has 0 fully saturated rings. The van der Waals surface area contributed by atoms with E-state index in [9.17, 15) is 18.1 Å². The van der Waals surface area contributed by atoms with Crippen LogP contribution < -0.4 is 4.74 Å². The highest BCUT2D eigenvalue weighted by molar-refractivity contribution is 7.90. The van der Waals surface area contributed by atoms with Crippen molar-refractivity contribution in [1.82, 2.24) is 4.98 Å². The van der Waals surface area contributed by atoms with Gasteiger partial charge in [-0.25, -0.2) is 12.8 Å². The third kappa shape index (κ3) is 4.50. The number of hydrogen-bond donors (Lipinski definition) is 0. The van der Waals surface area contributed by atoms with Gasteiger partial charge >= 0.3 is 0 Å². The van der Waals surface area contributed by atoms with Gasteiger partial charge in [0.05, 0.1) is 10.5 Å². The van der Waals surface area contributed by atoms with Gasteiger partial charge in [-0.3, -0.25) is 4.98 Å². The highest BCUT2D eigenvalue weighted by Crippen LogP contribution is 2.41. The summed E-state index contributed by atoms with van der Waals surface area (Å²) in [5.74, 6) is -0.116. The first-order valence-electron chi connectivity index (χ1n) is 8.56. The van der Waals surface area contributed by atoms with Crippen LogP contribution in [0, 0.1) is 17.1 Å². The van der Waals surface area contributed by atoms with Gasteiger partial charge in [0.2, 0.25) is 0 Å². The minimum Gasteiger partial charge on any atom is -0.489 e. The second-order valence-corrected chi connectivity index (χ2v) is 8.31. The maximum Gasteiger partial charge on any atom is 0.175 e. The molecule has 0 bridgehead atoms. The number of sulfone groups is 1. The smallest absolute Gasteiger partial charge is 0.175 e. The van der Waals surface area contributed by atoms with Gasteiger partial charge in [-0.2, -0.15) is 5.26 Å². The van der Waals surface area contributed by atoms with Crippen LogP contribution in [0.2, 0.25) is 0 Å². The Morgan fingerprint density at radius 2 is 1.90 bits per heavy atom. The van der Waals surface area contributed by atoms with E-state index in [1.54, 1.807) is 30.5 Å². The van der Waals surface area contributed by atoms with Gasteiger partial charge in [0, 0.05) is 29.8 Å². The van der Waals surface area contributed by atoms with Gasteiger partial charge in [-0.1, -0.05) is 24.8 Å². The molecule has 0 aliphatic heterocycles. The Morgan fingerprint density at radius 1 is 1.17 bits per heavy atom. The minimum absolute atomic E-state index is 0.0593. The van der Waals surface area contributed by atoms with E-state index < -0.39 is 15.7 Å². The largest absolute Gasteiger partial charge is 0.489 e. The summed E-state index contributed by atoms with van der Waals surface area (Å²) in [5, 5.41) is 9.23. The first kappa shape index (κ1) is 20.2. The van der Waals surface area contributed by atoms with Crippen LogP contribution in [0.1, 0.15) is 5.56 Å². The third-order valence-corrected chi connectivity index (χ3v) is 5.26. The number of aromatic nitrogens is 1. The van der Waals surface area contributed by atoms with E-state index in [0.717, 1.165) is 6.26 Å². The lowest BCUT2D eigenvalue weighted by atomic mass is 9.94. The van der Waals surface area contributed by atoms with Crippen LogP contribution in [-0.4, -0.2) is 26.3 Å². The Labute approximate surface area is 168 Å². The molecule has 0 radical (unpaired) electrons. The predicted octanol–water partition coefficient (Wildman–Crippen LogP) is 4.39.